The minimum absolute atomic E-state index is 0.454. The molecule has 0 amide bonds. The third-order valence-electron chi connectivity index (χ3n) is 2.95. The van der Waals surface area contributed by atoms with Gasteiger partial charge in [0.2, 0.25) is 0 Å². The largest absolute Gasteiger partial charge is 0.489 e. The predicted molar refractivity (Wildman–Crippen MR) is 64.7 cm³/mol. The Bertz CT molecular complexity index is 315. The van der Waals surface area contributed by atoms with Crippen LogP contribution in [0.5, 0.6) is 5.75 Å². The maximum Gasteiger partial charge on any atom is 0.136 e. The summed E-state index contributed by atoms with van der Waals surface area (Å²) in [6.07, 6.45) is 6.48. The van der Waals surface area contributed by atoms with Crippen LogP contribution >= 0.6 is 11.3 Å². The molecule has 0 saturated heterocycles. The molecule has 1 aromatic rings. The number of hydrogen-bond acceptors (Lipinski definition) is 3. The first-order chi connectivity index (χ1) is 7.31. The summed E-state index contributed by atoms with van der Waals surface area (Å²) in [7, 11) is 0. The fourth-order valence-electron chi connectivity index (χ4n) is 2.12. The molecule has 2 rings (SSSR count). The highest BCUT2D eigenvalue weighted by Crippen LogP contribution is 2.33. The lowest BCUT2D eigenvalue weighted by Gasteiger charge is -2.14. The smallest absolute Gasteiger partial charge is 0.136 e. The van der Waals surface area contributed by atoms with Gasteiger partial charge in [-0.3, -0.25) is 0 Å². The normalized spacial score (nSPS) is 17.2. The van der Waals surface area contributed by atoms with E-state index in [4.69, 9.17) is 10.5 Å². The highest BCUT2D eigenvalue weighted by molar-refractivity contribution is 7.10. The summed E-state index contributed by atoms with van der Waals surface area (Å²) in [6.45, 7) is 2.84. The average Bonchev–Trinajstić information content (AvgIpc) is 2.83. The standard InChI is InChI=1S/C12H19NOS/c1-9-8-15-11(6-7-13)12(9)14-10-4-2-3-5-10/h8,10H,2-7,13H2,1H3. The van der Waals surface area contributed by atoms with E-state index in [-0.39, 0.29) is 0 Å². The summed E-state index contributed by atoms with van der Waals surface area (Å²) in [6, 6.07) is 0. The molecule has 2 nitrogen and oxygen atoms in total. The molecular formula is C12H19NOS. The molecule has 0 aliphatic heterocycles. The van der Waals surface area contributed by atoms with Gasteiger partial charge in [0, 0.05) is 10.4 Å². The first-order valence-corrected chi connectivity index (χ1v) is 6.63. The molecule has 15 heavy (non-hydrogen) atoms. The van der Waals surface area contributed by atoms with E-state index in [1.54, 1.807) is 11.3 Å². The summed E-state index contributed by atoms with van der Waals surface area (Å²) in [5.74, 6) is 1.12. The van der Waals surface area contributed by atoms with Crippen molar-refractivity contribution < 1.29 is 4.74 Å². The maximum absolute atomic E-state index is 6.08. The second kappa shape index (κ2) is 4.99. The Morgan fingerprint density at radius 1 is 1.47 bits per heavy atom. The van der Waals surface area contributed by atoms with Crippen molar-refractivity contribution in [2.45, 2.75) is 45.1 Å². The predicted octanol–water partition coefficient (Wildman–Crippen LogP) is 2.88. The number of ether oxygens (including phenoxy) is 1. The summed E-state index contributed by atoms with van der Waals surface area (Å²) >= 11 is 1.78. The van der Waals surface area contributed by atoms with E-state index in [2.05, 4.69) is 12.3 Å². The molecule has 0 bridgehead atoms. The molecule has 0 spiro atoms. The zero-order chi connectivity index (χ0) is 10.7. The van der Waals surface area contributed by atoms with Crippen LogP contribution in [-0.4, -0.2) is 12.6 Å². The van der Waals surface area contributed by atoms with Gasteiger partial charge in [0.1, 0.15) is 5.75 Å². The topological polar surface area (TPSA) is 35.2 Å². The lowest BCUT2D eigenvalue weighted by molar-refractivity contribution is 0.208. The molecule has 0 unspecified atom stereocenters. The van der Waals surface area contributed by atoms with Gasteiger partial charge in [-0.2, -0.15) is 0 Å². The Morgan fingerprint density at radius 2 is 2.20 bits per heavy atom. The molecule has 2 N–H and O–H groups in total. The second-order valence-corrected chi connectivity index (χ2v) is 5.20. The molecule has 84 valence electrons. The van der Waals surface area contributed by atoms with E-state index in [1.165, 1.54) is 36.1 Å². The van der Waals surface area contributed by atoms with E-state index >= 15 is 0 Å². The fraction of sp³-hybridized carbons (Fsp3) is 0.667. The number of nitrogens with two attached hydrogens (primary N) is 1. The summed E-state index contributed by atoms with van der Waals surface area (Å²) in [5, 5.41) is 2.18. The second-order valence-electron chi connectivity index (χ2n) is 4.23. The molecule has 3 heteroatoms. The molecule has 1 aliphatic rings. The van der Waals surface area contributed by atoms with Gasteiger partial charge in [0.05, 0.1) is 6.10 Å². The van der Waals surface area contributed by atoms with Gasteiger partial charge in [-0.1, -0.05) is 0 Å². The third-order valence-corrected chi connectivity index (χ3v) is 4.09. The minimum atomic E-state index is 0.454. The van der Waals surface area contributed by atoms with Gasteiger partial charge in [0.25, 0.3) is 0 Å². The zero-order valence-corrected chi connectivity index (χ0v) is 10.1. The van der Waals surface area contributed by atoms with Gasteiger partial charge in [0.15, 0.2) is 0 Å². The van der Waals surface area contributed by atoms with Gasteiger partial charge in [-0.15, -0.1) is 11.3 Å². The Balaban J connectivity index is 2.07. The molecule has 1 heterocycles. The van der Waals surface area contributed by atoms with Crippen LogP contribution in [0.4, 0.5) is 0 Å². The van der Waals surface area contributed by atoms with Crippen molar-refractivity contribution in [1.82, 2.24) is 0 Å². The molecule has 0 aromatic carbocycles. The van der Waals surface area contributed by atoms with E-state index in [0.717, 1.165) is 12.2 Å². The number of hydrogen-bond donors (Lipinski definition) is 1. The SMILES string of the molecule is Cc1csc(CCN)c1OC1CCCC1. The molecule has 1 aliphatic carbocycles. The summed E-state index contributed by atoms with van der Waals surface area (Å²) in [4.78, 5) is 1.32. The highest BCUT2D eigenvalue weighted by atomic mass is 32.1. The zero-order valence-electron chi connectivity index (χ0n) is 9.29. The molecule has 0 atom stereocenters. The van der Waals surface area contributed by atoms with Gasteiger partial charge in [-0.25, -0.2) is 0 Å². The van der Waals surface area contributed by atoms with Crippen LogP contribution in [0.1, 0.15) is 36.1 Å². The Kier molecular flexibility index (Phi) is 3.65. The van der Waals surface area contributed by atoms with Crippen LogP contribution in [0.15, 0.2) is 5.38 Å². The van der Waals surface area contributed by atoms with Crippen LogP contribution in [0.2, 0.25) is 0 Å². The number of aryl methyl sites for hydroxylation is 1. The van der Waals surface area contributed by atoms with Crippen molar-refractivity contribution in [1.29, 1.82) is 0 Å². The van der Waals surface area contributed by atoms with Crippen molar-refractivity contribution in [2.24, 2.45) is 5.73 Å². The lowest BCUT2D eigenvalue weighted by atomic mass is 10.2. The molecule has 1 fully saturated rings. The van der Waals surface area contributed by atoms with Crippen molar-refractivity contribution in [3.63, 3.8) is 0 Å². The summed E-state index contributed by atoms with van der Waals surface area (Å²) < 4.78 is 6.08. The minimum Gasteiger partial charge on any atom is -0.489 e. The number of thiophene rings is 1. The van der Waals surface area contributed by atoms with Gasteiger partial charge in [-0.05, 0) is 51.0 Å². The van der Waals surface area contributed by atoms with Crippen LogP contribution < -0.4 is 10.5 Å². The molecular weight excluding hydrogens is 206 g/mol. The van der Waals surface area contributed by atoms with Crippen molar-refractivity contribution in [2.75, 3.05) is 6.54 Å². The fourth-order valence-corrected chi connectivity index (χ4v) is 3.10. The molecule has 1 aromatic heterocycles. The Labute approximate surface area is 95.4 Å². The van der Waals surface area contributed by atoms with Crippen molar-refractivity contribution >= 4 is 11.3 Å². The van der Waals surface area contributed by atoms with Crippen molar-refractivity contribution in [3.8, 4) is 5.75 Å². The van der Waals surface area contributed by atoms with Crippen LogP contribution in [0, 0.1) is 6.92 Å². The molecule has 1 saturated carbocycles. The lowest BCUT2D eigenvalue weighted by Crippen LogP contribution is -2.12. The van der Waals surface area contributed by atoms with E-state index < -0.39 is 0 Å². The van der Waals surface area contributed by atoms with E-state index in [0.29, 0.717) is 12.6 Å². The monoisotopic (exact) mass is 225 g/mol. The van der Waals surface area contributed by atoms with Crippen LogP contribution in [-0.2, 0) is 6.42 Å². The molecule has 0 radical (unpaired) electrons. The van der Waals surface area contributed by atoms with E-state index in [9.17, 15) is 0 Å². The quantitative estimate of drug-likeness (QED) is 0.855. The van der Waals surface area contributed by atoms with Crippen LogP contribution in [0.3, 0.4) is 0 Å². The third kappa shape index (κ3) is 2.52. The maximum atomic E-state index is 6.08. The highest BCUT2D eigenvalue weighted by Gasteiger charge is 2.19. The van der Waals surface area contributed by atoms with Gasteiger partial charge < -0.3 is 10.5 Å². The van der Waals surface area contributed by atoms with E-state index in [1.807, 2.05) is 0 Å². The average molecular weight is 225 g/mol. The Hall–Kier alpha value is -0.540. The Morgan fingerprint density at radius 3 is 2.87 bits per heavy atom. The summed E-state index contributed by atoms with van der Waals surface area (Å²) in [5.41, 5.74) is 6.87. The van der Waals surface area contributed by atoms with Crippen LogP contribution in [0.25, 0.3) is 0 Å². The van der Waals surface area contributed by atoms with Gasteiger partial charge >= 0.3 is 0 Å². The first kappa shape index (κ1) is 11.0. The number of rotatable bonds is 4. The van der Waals surface area contributed by atoms with Crippen molar-refractivity contribution in [3.05, 3.63) is 15.8 Å². The first-order valence-electron chi connectivity index (χ1n) is 5.75.